The molecule has 0 spiro atoms. The summed E-state index contributed by atoms with van der Waals surface area (Å²) in [7, 11) is 0. The molecule has 0 aliphatic carbocycles. The van der Waals surface area contributed by atoms with Gasteiger partial charge in [-0.1, -0.05) is 0 Å². The maximum atomic E-state index is 11.1. The van der Waals surface area contributed by atoms with Crippen LogP contribution in [0.3, 0.4) is 0 Å². The second-order valence-corrected chi connectivity index (χ2v) is 2.47. The van der Waals surface area contributed by atoms with Gasteiger partial charge in [0.2, 0.25) is 5.91 Å². The third kappa shape index (κ3) is 2.20. The zero-order valence-electron chi connectivity index (χ0n) is 6.34. The lowest BCUT2D eigenvalue weighted by Gasteiger charge is -2.26. The third-order valence-corrected chi connectivity index (χ3v) is 1.70. The van der Waals surface area contributed by atoms with Gasteiger partial charge in [0.1, 0.15) is 6.42 Å². The highest BCUT2D eigenvalue weighted by Gasteiger charge is 2.14. The zero-order chi connectivity index (χ0) is 8.10. The SMILES string of the molecule is N#CCC(=O)N1CCNCC1. The highest BCUT2D eigenvalue weighted by atomic mass is 16.2. The Labute approximate surface area is 65.8 Å². The molecule has 0 aromatic rings. The van der Waals surface area contributed by atoms with Crippen molar-refractivity contribution >= 4 is 5.91 Å². The molecule has 0 aromatic carbocycles. The van der Waals surface area contributed by atoms with Crippen LogP contribution >= 0.6 is 0 Å². The van der Waals surface area contributed by atoms with Gasteiger partial charge < -0.3 is 10.2 Å². The highest BCUT2D eigenvalue weighted by molar-refractivity contribution is 5.78. The van der Waals surface area contributed by atoms with E-state index in [4.69, 9.17) is 5.26 Å². The molecule has 1 N–H and O–H groups in total. The smallest absolute Gasteiger partial charge is 0.236 e. The van der Waals surface area contributed by atoms with Gasteiger partial charge >= 0.3 is 0 Å². The van der Waals surface area contributed by atoms with Crippen LogP contribution in [0.4, 0.5) is 0 Å². The van der Waals surface area contributed by atoms with Gasteiger partial charge in [0.15, 0.2) is 0 Å². The summed E-state index contributed by atoms with van der Waals surface area (Å²) in [6.45, 7) is 3.16. The van der Waals surface area contributed by atoms with E-state index in [9.17, 15) is 4.79 Å². The van der Waals surface area contributed by atoms with E-state index in [1.165, 1.54) is 0 Å². The topological polar surface area (TPSA) is 56.1 Å². The Bertz CT molecular complexity index is 179. The predicted molar refractivity (Wildman–Crippen MR) is 39.7 cm³/mol. The van der Waals surface area contributed by atoms with Gasteiger partial charge in [-0.2, -0.15) is 5.26 Å². The van der Waals surface area contributed by atoms with E-state index < -0.39 is 0 Å². The molecule has 1 rings (SSSR count). The number of rotatable bonds is 1. The fourth-order valence-corrected chi connectivity index (χ4v) is 1.09. The first kappa shape index (κ1) is 8.02. The minimum absolute atomic E-state index is 0.0139. The molecule has 0 unspecified atom stereocenters. The van der Waals surface area contributed by atoms with Gasteiger partial charge in [-0.3, -0.25) is 4.79 Å². The van der Waals surface area contributed by atoms with Crippen LogP contribution in [0.15, 0.2) is 0 Å². The molecule has 60 valence electrons. The lowest BCUT2D eigenvalue weighted by atomic mass is 10.3. The van der Waals surface area contributed by atoms with Crippen molar-refractivity contribution in [2.45, 2.75) is 6.42 Å². The molecule has 1 amide bonds. The molecule has 1 fully saturated rings. The first-order valence-electron chi connectivity index (χ1n) is 3.70. The molecule has 1 aliphatic rings. The summed E-state index contributed by atoms with van der Waals surface area (Å²) < 4.78 is 0. The average molecular weight is 153 g/mol. The van der Waals surface area contributed by atoms with E-state index in [0.717, 1.165) is 26.2 Å². The monoisotopic (exact) mass is 153 g/mol. The van der Waals surface area contributed by atoms with Crippen LogP contribution in [0.5, 0.6) is 0 Å². The molecule has 1 heterocycles. The number of carbonyl (C=O) groups is 1. The van der Waals surface area contributed by atoms with E-state index in [-0.39, 0.29) is 12.3 Å². The van der Waals surface area contributed by atoms with Crippen molar-refractivity contribution in [2.24, 2.45) is 0 Å². The Morgan fingerprint density at radius 1 is 1.55 bits per heavy atom. The molecule has 4 heteroatoms. The molecule has 11 heavy (non-hydrogen) atoms. The van der Waals surface area contributed by atoms with Crippen LogP contribution in [-0.2, 0) is 4.79 Å². The fourth-order valence-electron chi connectivity index (χ4n) is 1.09. The van der Waals surface area contributed by atoms with Crippen LogP contribution < -0.4 is 5.32 Å². The molecule has 1 saturated heterocycles. The minimum Gasteiger partial charge on any atom is -0.339 e. The lowest BCUT2D eigenvalue weighted by Crippen LogP contribution is -2.46. The molecule has 0 saturated carbocycles. The summed E-state index contributed by atoms with van der Waals surface area (Å²) in [5.41, 5.74) is 0. The summed E-state index contributed by atoms with van der Waals surface area (Å²) in [6.07, 6.45) is 0.0139. The van der Waals surface area contributed by atoms with E-state index >= 15 is 0 Å². The minimum atomic E-state index is -0.0472. The van der Waals surface area contributed by atoms with Gasteiger partial charge in [-0.25, -0.2) is 0 Å². The van der Waals surface area contributed by atoms with Gasteiger partial charge in [0.25, 0.3) is 0 Å². The molecule has 0 aromatic heterocycles. The quantitative estimate of drug-likeness (QED) is 0.543. The van der Waals surface area contributed by atoms with Crippen LogP contribution in [0.1, 0.15) is 6.42 Å². The second-order valence-electron chi connectivity index (χ2n) is 2.47. The number of piperazine rings is 1. The van der Waals surface area contributed by atoms with Crippen LogP contribution in [0, 0.1) is 11.3 Å². The van der Waals surface area contributed by atoms with Crippen molar-refractivity contribution in [3.63, 3.8) is 0 Å². The van der Waals surface area contributed by atoms with E-state index in [1.54, 1.807) is 4.90 Å². The summed E-state index contributed by atoms with van der Waals surface area (Å²) in [5.74, 6) is -0.0472. The van der Waals surface area contributed by atoms with Crippen molar-refractivity contribution in [1.82, 2.24) is 10.2 Å². The van der Waals surface area contributed by atoms with E-state index in [2.05, 4.69) is 5.32 Å². The summed E-state index contributed by atoms with van der Waals surface area (Å²) >= 11 is 0. The Kier molecular flexibility index (Phi) is 2.87. The summed E-state index contributed by atoms with van der Waals surface area (Å²) in [4.78, 5) is 12.8. The predicted octanol–water partition coefficient (Wildman–Crippen LogP) is -0.668. The number of nitrogens with one attached hydrogen (secondary N) is 1. The Morgan fingerprint density at radius 2 is 2.18 bits per heavy atom. The van der Waals surface area contributed by atoms with E-state index in [0.29, 0.717) is 0 Å². The number of hydrogen-bond donors (Lipinski definition) is 1. The number of carbonyl (C=O) groups excluding carboxylic acids is 1. The molecular weight excluding hydrogens is 142 g/mol. The third-order valence-electron chi connectivity index (χ3n) is 1.70. The largest absolute Gasteiger partial charge is 0.339 e. The van der Waals surface area contributed by atoms with Crippen LogP contribution in [-0.4, -0.2) is 37.0 Å². The molecule has 0 radical (unpaired) electrons. The molecule has 0 atom stereocenters. The Morgan fingerprint density at radius 3 is 2.73 bits per heavy atom. The molecule has 0 bridgehead atoms. The maximum Gasteiger partial charge on any atom is 0.236 e. The standard InChI is InChI=1S/C7H11N3O/c8-2-1-7(11)10-5-3-9-4-6-10/h9H,1,3-6H2. The lowest BCUT2D eigenvalue weighted by molar-refractivity contribution is -0.130. The molecule has 1 aliphatic heterocycles. The van der Waals surface area contributed by atoms with Crippen molar-refractivity contribution in [3.05, 3.63) is 0 Å². The van der Waals surface area contributed by atoms with E-state index in [1.807, 2.05) is 6.07 Å². The van der Waals surface area contributed by atoms with Gasteiger partial charge in [-0.05, 0) is 0 Å². The maximum absolute atomic E-state index is 11.1. The van der Waals surface area contributed by atoms with Crippen molar-refractivity contribution in [2.75, 3.05) is 26.2 Å². The van der Waals surface area contributed by atoms with Gasteiger partial charge in [-0.15, -0.1) is 0 Å². The first-order chi connectivity index (χ1) is 5.34. The highest BCUT2D eigenvalue weighted by Crippen LogP contribution is 1.95. The number of nitrogens with zero attached hydrogens (tertiary/aromatic N) is 2. The number of amides is 1. The fraction of sp³-hybridized carbons (Fsp3) is 0.714. The van der Waals surface area contributed by atoms with Crippen molar-refractivity contribution in [3.8, 4) is 6.07 Å². The summed E-state index contributed by atoms with van der Waals surface area (Å²) in [5, 5.41) is 11.4. The second kappa shape index (κ2) is 3.94. The van der Waals surface area contributed by atoms with Crippen molar-refractivity contribution in [1.29, 1.82) is 5.26 Å². The van der Waals surface area contributed by atoms with Gasteiger partial charge in [0.05, 0.1) is 6.07 Å². The Hall–Kier alpha value is -1.08. The van der Waals surface area contributed by atoms with Crippen molar-refractivity contribution < 1.29 is 4.79 Å². The average Bonchev–Trinajstić information content (AvgIpc) is 2.07. The molecule has 4 nitrogen and oxygen atoms in total. The number of nitriles is 1. The summed E-state index contributed by atoms with van der Waals surface area (Å²) in [6, 6.07) is 1.85. The zero-order valence-corrected chi connectivity index (χ0v) is 6.34. The normalized spacial score (nSPS) is 17.5. The Balaban J connectivity index is 2.34. The molecular formula is C7H11N3O. The van der Waals surface area contributed by atoms with Gasteiger partial charge in [0, 0.05) is 26.2 Å². The van der Waals surface area contributed by atoms with Crippen LogP contribution in [0.25, 0.3) is 0 Å². The number of hydrogen-bond acceptors (Lipinski definition) is 3. The van der Waals surface area contributed by atoms with Crippen LogP contribution in [0.2, 0.25) is 0 Å². The first-order valence-corrected chi connectivity index (χ1v) is 3.70.